The Morgan fingerprint density at radius 3 is 2.04 bits per heavy atom. The maximum absolute atomic E-state index is 11.9. The fraction of sp³-hybridized carbons (Fsp3) is 0.688. The second-order valence-corrected chi connectivity index (χ2v) is 6.09. The van der Waals surface area contributed by atoms with Gasteiger partial charge in [0.2, 0.25) is 0 Å². The van der Waals surface area contributed by atoms with Crippen LogP contribution >= 0.6 is 0 Å². The number of amides is 2. The second-order valence-electron chi connectivity index (χ2n) is 6.09. The van der Waals surface area contributed by atoms with Crippen LogP contribution in [0.5, 0.6) is 0 Å². The summed E-state index contributed by atoms with van der Waals surface area (Å²) in [5.41, 5.74) is 0. The molecule has 0 aromatic carbocycles. The molecule has 0 spiro atoms. The van der Waals surface area contributed by atoms with E-state index in [1.807, 2.05) is 13.8 Å². The zero-order valence-electron chi connectivity index (χ0n) is 14.7. The number of aliphatic carboxylic acids is 2. The van der Waals surface area contributed by atoms with Crippen LogP contribution in [0, 0.1) is 0 Å². The number of urea groups is 1. The lowest BCUT2D eigenvalue weighted by molar-refractivity contribution is -0.140. The SMILES string of the molecule is C=C(O)C(CCCCNC(C)C)NC(=O)NC(CCC(=O)O)C(=O)O. The number of carboxylic acids is 2. The fourth-order valence-corrected chi connectivity index (χ4v) is 2.07. The summed E-state index contributed by atoms with van der Waals surface area (Å²) in [6.45, 7) is 8.29. The predicted molar refractivity (Wildman–Crippen MR) is 92.5 cm³/mol. The predicted octanol–water partition coefficient (Wildman–Crippen LogP) is 1.21. The van der Waals surface area contributed by atoms with Crippen LogP contribution in [-0.4, -0.2) is 58.0 Å². The van der Waals surface area contributed by atoms with Crippen LogP contribution in [0.15, 0.2) is 12.3 Å². The Labute approximate surface area is 147 Å². The highest BCUT2D eigenvalue weighted by Gasteiger charge is 2.23. The summed E-state index contributed by atoms with van der Waals surface area (Å²) in [6, 6.07) is -2.43. The van der Waals surface area contributed by atoms with Crippen molar-refractivity contribution in [1.82, 2.24) is 16.0 Å². The van der Waals surface area contributed by atoms with Gasteiger partial charge in [-0.1, -0.05) is 20.4 Å². The van der Waals surface area contributed by atoms with Crippen molar-refractivity contribution in [3.05, 3.63) is 12.3 Å². The molecule has 9 nitrogen and oxygen atoms in total. The maximum atomic E-state index is 11.9. The van der Waals surface area contributed by atoms with Crippen molar-refractivity contribution in [2.75, 3.05) is 6.54 Å². The molecule has 0 radical (unpaired) electrons. The molecule has 0 saturated carbocycles. The van der Waals surface area contributed by atoms with E-state index in [0.29, 0.717) is 12.5 Å². The van der Waals surface area contributed by atoms with Crippen molar-refractivity contribution in [3.8, 4) is 0 Å². The molecule has 144 valence electrons. The summed E-state index contributed by atoms with van der Waals surface area (Å²) < 4.78 is 0. The lowest BCUT2D eigenvalue weighted by atomic mass is 10.1. The van der Waals surface area contributed by atoms with E-state index in [0.717, 1.165) is 19.4 Å². The molecule has 0 rings (SSSR count). The van der Waals surface area contributed by atoms with Crippen molar-refractivity contribution in [1.29, 1.82) is 0 Å². The zero-order chi connectivity index (χ0) is 19.4. The minimum absolute atomic E-state index is 0.218. The van der Waals surface area contributed by atoms with Crippen LogP contribution in [0.4, 0.5) is 4.79 Å². The minimum Gasteiger partial charge on any atom is -0.511 e. The van der Waals surface area contributed by atoms with Gasteiger partial charge in [-0.2, -0.15) is 0 Å². The highest BCUT2D eigenvalue weighted by Crippen LogP contribution is 2.07. The topological polar surface area (TPSA) is 148 Å². The van der Waals surface area contributed by atoms with E-state index in [-0.39, 0.29) is 18.6 Å². The molecule has 2 unspecified atom stereocenters. The molecule has 0 saturated heterocycles. The molecule has 0 aromatic heterocycles. The van der Waals surface area contributed by atoms with E-state index >= 15 is 0 Å². The third-order valence-electron chi connectivity index (χ3n) is 3.43. The quantitative estimate of drug-likeness (QED) is 0.214. The monoisotopic (exact) mass is 359 g/mol. The number of unbranched alkanes of at least 4 members (excludes halogenated alkanes) is 1. The van der Waals surface area contributed by atoms with Gasteiger partial charge in [0, 0.05) is 12.5 Å². The van der Waals surface area contributed by atoms with Gasteiger partial charge in [-0.15, -0.1) is 0 Å². The van der Waals surface area contributed by atoms with Crippen molar-refractivity contribution in [2.24, 2.45) is 0 Å². The second kappa shape index (κ2) is 12.1. The molecule has 6 N–H and O–H groups in total. The summed E-state index contributed by atoms with van der Waals surface area (Å²) >= 11 is 0. The number of rotatable bonds is 13. The van der Waals surface area contributed by atoms with Crippen LogP contribution in [-0.2, 0) is 9.59 Å². The Morgan fingerprint density at radius 2 is 1.56 bits per heavy atom. The number of carboxylic acid groups (broad SMARTS) is 2. The zero-order valence-corrected chi connectivity index (χ0v) is 14.7. The first-order chi connectivity index (χ1) is 11.6. The molecule has 9 heteroatoms. The number of hydrogen-bond acceptors (Lipinski definition) is 5. The number of aliphatic hydroxyl groups is 1. The lowest BCUT2D eigenvalue weighted by Gasteiger charge is -2.20. The van der Waals surface area contributed by atoms with Gasteiger partial charge in [0.15, 0.2) is 0 Å². The molecule has 0 heterocycles. The highest BCUT2D eigenvalue weighted by atomic mass is 16.4. The minimum atomic E-state index is -1.32. The number of hydrogen-bond donors (Lipinski definition) is 6. The number of carbonyl (C=O) groups is 3. The Bertz CT molecular complexity index is 467. The van der Waals surface area contributed by atoms with Gasteiger partial charge in [0.05, 0.1) is 6.04 Å². The molecule has 0 aromatic rings. The van der Waals surface area contributed by atoms with Crippen molar-refractivity contribution >= 4 is 18.0 Å². The normalized spacial score (nSPS) is 13.1. The number of aliphatic hydroxyl groups excluding tert-OH is 1. The number of carbonyl (C=O) groups excluding carboxylic acids is 1. The highest BCUT2D eigenvalue weighted by molar-refractivity contribution is 5.83. The first-order valence-electron chi connectivity index (χ1n) is 8.26. The largest absolute Gasteiger partial charge is 0.511 e. The summed E-state index contributed by atoms with van der Waals surface area (Å²) in [5, 5.41) is 35.1. The van der Waals surface area contributed by atoms with E-state index < -0.39 is 30.1 Å². The van der Waals surface area contributed by atoms with Gasteiger partial charge in [-0.05, 0) is 32.2 Å². The van der Waals surface area contributed by atoms with Gasteiger partial charge in [-0.25, -0.2) is 9.59 Å². The molecule has 0 aliphatic heterocycles. The average Bonchev–Trinajstić information content (AvgIpc) is 2.48. The summed E-state index contributed by atoms with van der Waals surface area (Å²) in [4.78, 5) is 33.5. The summed E-state index contributed by atoms with van der Waals surface area (Å²) in [5.74, 6) is -2.69. The fourth-order valence-electron chi connectivity index (χ4n) is 2.07. The van der Waals surface area contributed by atoms with Crippen LogP contribution in [0.1, 0.15) is 46.0 Å². The molecular weight excluding hydrogens is 330 g/mol. The van der Waals surface area contributed by atoms with Gasteiger partial charge in [0.1, 0.15) is 11.8 Å². The molecule has 25 heavy (non-hydrogen) atoms. The van der Waals surface area contributed by atoms with Crippen molar-refractivity contribution < 1.29 is 29.7 Å². The maximum Gasteiger partial charge on any atom is 0.326 e. The van der Waals surface area contributed by atoms with E-state index in [1.54, 1.807) is 0 Å². The third kappa shape index (κ3) is 11.8. The van der Waals surface area contributed by atoms with Gasteiger partial charge >= 0.3 is 18.0 Å². The molecule has 2 amide bonds. The van der Waals surface area contributed by atoms with E-state index in [2.05, 4.69) is 22.5 Å². The molecular formula is C16H29N3O6. The molecule has 0 bridgehead atoms. The van der Waals surface area contributed by atoms with Crippen LogP contribution in [0.25, 0.3) is 0 Å². The van der Waals surface area contributed by atoms with Gasteiger partial charge in [-0.3, -0.25) is 4.79 Å². The lowest BCUT2D eigenvalue weighted by Crippen LogP contribution is -2.49. The summed E-state index contributed by atoms with van der Waals surface area (Å²) in [6.07, 6.45) is 1.42. The van der Waals surface area contributed by atoms with Crippen LogP contribution in [0.2, 0.25) is 0 Å². The van der Waals surface area contributed by atoms with E-state index in [4.69, 9.17) is 10.2 Å². The molecule has 2 atom stereocenters. The van der Waals surface area contributed by atoms with Gasteiger partial charge < -0.3 is 31.3 Å². The average molecular weight is 359 g/mol. The Balaban J connectivity index is 4.39. The van der Waals surface area contributed by atoms with Crippen LogP contribution in [0.3, 0.4) is 0 Å². The van der Waals surface area contributed by atoms with E-state index in [9.17, 15) is 19.5 Å². The van der Waals surface area contributed by atoms with Crippen LogP contribution < -0.4 is 16.0 Å². The van der Waals surface area contributed by atoms with E-state index in [1.165, 1.54) is 0 Å². The molecule has 0 fully saturated rings. The third-order valence-corrected chi connectivity index (χ3v) is 3.43. The standard InChI is InChI=1S/C16H29N3O6/c1-10(2)17-9-5-4-6-12(11(3)20)18-16(25)19-13(15(23)24)7-8-14(21)22/h10,12-13,17,20H,3-9H2,1-2H3,(H,21,22)(H,23,24)(H2,18,19,25). The molecule has 0 aliphatic carbocycles. The Kier molecular flexibility index (Phi) is 11.0. The Morgan fingerprint density at radius 1 is 0.960 bits per heavy atom. The molecule has 0 aliphatic rings. The number of nitrogens with one attached hydrogen (secondary N) is 3. The summed E-state index contributed by atoms with van der Waals surface area (Å²) in [7, 11) is 0. The van der Waals surface area contributed by atoms with Crippen molar-refractivity contribution in [2.45, 2.75) is 64.1 Å². The van der Waals surface area contributed by atoms with Gasteiger partial charge in [0.25, 0.3) is 0 Å². The first-order valence-corrected chi connectivity index (χ1v) is 8.26. The first kappa shape index (κ1) is 22.7. The Hall–Kier alpha value is -2.29. The van der Waals surface area contributed by atoms with Crippen molar-refractivity contribution in [3.63, 3.8) is 0 Å². The smallest absolute Gasteiger partial charge is 0.326 e.